The number of hydrogen-bond donors (Lipinski definition) is 0. The number of imide groups is 1. The van der Waals surface area contributed by atoms with Crippen LogP contribution in [-0.2, 0) is 9.59 Å². The van der Waals surface area contributed by atoms with E-state index in [1.807, 2.05) is 6.92 Å². The molecule has 0 bridgehead atoms. The maximum Gasteiger partial charge on any atom is 0.243 e. The summed E-state index contributed by atoms with van der Waals surface area (Å²) >= 11 is 1.00. The van der Waals surface area contributed by atoms with Crippen LogP contribution in [0.3, 0.4) is 0 Å². The van der Waals surface area contributed by atoms with Crippen molar-refractivity contribution in [2.75, 3.05) is 6.54 Å². The molecule has 1 atom stereocenters. The van der Waals surface area contributed by atoms with Crippen molar-refractivity contribution in [3.63, 3.8) is 0 Å². The number of likely N-dealkylation sites (tertiary alicyclic amines) is 1. The summed E-state index contributed by atoms with van der Waals surface area (Å²) in [5.41, 5.74) is -0.0632. The first-order valence-electron chi connectivity index (χ1n) is 6.21. The lowest BCUT2D eigenvalue weighted by atomic mass is 10.3. The van der Waals surface area contributed by atoms with Gasteiger partial charge in [-0.2, -0.15) is 0 Å². The van der Waals surface area contributed by atoms with Gasteiger partial charge in [-0.1, -0.05) is 18.7 Å². The maximum atomic E-state index is 12.1. The van der Waals surface area contributed by atoms with Crippen LogP contribution in [-0.4, -0.2) is 39.5 Å². The fraction of sp³-hybridized carbons (Fsp3) is 0.385. The Morgan fingerprint density at radius 3 is 2.95 bits per heavy atom. The Morgan fingerprint density at radius 2 is 2.30 bits per heavy atom. The minimum Gasteiger partial charge on any atom is -0.545 e. The normalized spacial score (nSPS) is 18.6. The van der Waals surface area contributed by atoms with Crippen LogP contribution < -0.4 is 5.11 Å². The summed E-state index contributed by atoms with van der Waals surface area (Å²) in [6.45, 7) is 2.28. The number of rotatable bonds is 5. The summed E-state index contributed by atoms with van der Waals surface area (Å²) in [4.78, 5) is 40.0. The van der Waals surface area contributed by atoms with Crippen molar-refractivity contribution in [1.29, 1.82) is 0 Å². The molecule has 0 saturated carbocycles. The van der Waals surface area contributed by atoms with E-state index in [0.29, 0.717) is 13.0 Å². The van der Waals surface area contributed by atoms with E-state index < -0.39 is 11.2 Å². The molecule has 2 heterocycles. The molecule has 20 heavy (non-hydrogen) atoms. The zero-order valence-electron chi connectivity index (χ0n) is 10.9. The second-order valence-electron chi connectivity index (χ2n) is 4.34. The SMILES string of the molecule is CCCN1C(=O)C[C@H](Sc2ncccc2C(=O)[O-])C1=O. The van der Waals surface area contributed by atoms with Gasteiger partial charge in [0.2, 0.25) is 11.8 Å². The van der Waals surface area contributed by atoms with Crippen LogP contribution in [0.4, 0.5) is 0 Å². The molecule has 7 heteroatoms. The quantitative estimate of drug-likeness (QED) is 0.714. The average Bonchev–Trinajstić information content (AvgIpc) is 2.67. The number of carbonyl (C=O) groups is 3. The van der Waals surface area contributed by atoms with Gasteiger partial charge in [-0.3, -0.25) is 14.5 Å². The monoisotopic (exact) mass is 293 g/mol. The first-order valence-corrected chi connectivity index (χ1v) is 7.09. The summed E-state index contributed by atoms with van der Waals surface area (Å²) in [7, 11) is 0. The zero-order valence-corrected chi connectivity index (χ0v) is 11.7. The van der Waals surface area contributed by atoms with E-state index in [2.05, 4.69) is 4.98 Å². The Kier molecular flexibility index (Phi) is 4.39. The molecule has 1 aromatic heterocycles. The lowest BCUT2D eigenvalue weighted by molar-refractivity contribution is -0.255. The van der Waals surface area contributed by atoms with Crippen molar-refractivity contribution in [2.45, 2.75) is 30.0 Å². The average molecular weight is 293 g/mol. The Morgan fingerprint density at radius 1 is 1.55 bits per heavy atom. The highest BCUT2D eigenvalue weighted by Gasteiger charge is 2.39. The van der Waals surface area contributed by atoms with Gasteiger partial charge in [-0.25, -0.2) is 4.98 Å². The molecule has 1 aliphatic rings. The van der Waals surface area contributed by atoms with Crippen molar-refractivity contribution < 1.29 is 19.5 Å². The molecule has 2 rings (SSSR count). The van der Waals surface area contributed by atoms with E-state index >= 15 is 0 Å². The lowest BCUT2D eigenvalue weighted by Gasteiger charge is -2.14. The van der Waals surface area contributed by atoms with Crippen LogP contribution in [0.15, 0.2) is 23.4 Å². The molecule has 0 spiro atoms. The summed E-state index contributed by atoms with van der Waals surface area (Å²) in [5.74, 6) is -1.85. The van der Waals surface area contributed by atoms with Gasteiger partial charge < -0.3 is 9.90 Å². The molecule has 2 amide bonds. The molecular formula is C13H13N2O4S-. The second-order valence-corrected chi connectivity index (χ2v) is 5.53. The van der Waals surface area contributed by atoms with Gasteiger partial charge in [0.1, 0.15) is 5.03 Å². The van der Waals surface area contributed by atoms with E-state index in [0.717, 1.165) is 11.8 Å². The van der Waals surface area contributed by atoms with E-state index in [9.17, 15) is 19.5 Å². The standard InChI is InChI=1S/C13H14N2O4S/c1-2-6-15-10(16)7-9(12(15)17)20-11-8(13(18)19)4-3-5-14-11/h3-5,9H,2,6-7H2,1H3,(H,18,19)/p-1/t9-/m0/s1. The Hall–Kier alpha value is -1.89. The van der Waals surface area contributed by atoms with E-state index in [1.165, 1.54) is 23.2 Å². The topological polar surface area (TPSA) is 90.4 Å². The molecule has 0 N–H and O–H groups in total. The highest BCUT2D eigenvalue weighted by Crippen LogP contribution is 2.31. The summed E-state index contributed by atoms with van der Waals surface area (Å²) in [5, 5.41) is 10.6. The van der Waals surface area contributed by atoms with Crippen LogP contribution in [0.5, 0.6) is 0 Å². The van der Waals surface area contributed by atoms with Gasteiger partial charge in [0, 0.05) is 24.7 Å². The van der Waals surface area contributed by atoms with Crippen LogP contribution in [0, 0.1) is 0 Å². The smallest absolute Gasteiger partial charge is 0.243 e. The number of nitrogens with zero attached hydrogens (tertiary/aromatic N) is 2. The first-order chi connectivity index (χ1) is 9.54. The van der Waals surface area contributed by atoms with Crippen LogP contribution >= 0.6 is 11.8 Å². The molecule has 6 nitrogen and oxygen atoms in total. The second kappa shape index (κ2) is 6.04. The fourth-order valence-corrected chi connectivity index (χ4v) is 3.10. The van der Waals surface area contributed by atoms with Gasteiger partial charge in [0.15, 0.2) is 0 Å². The number of carboxylic acids is 1. The highest BCUT2D eigenvalue weighted by atomic mass is 32.2. The molecule has 106 valence electrons. The number of aromatic carboxylic acids is 1. The molecular weight excluding hydrogens is 280 g/mol. The van der Waals surface area contributed by atoms with E-state index in [4.69, 9.17) is 0 Å². The van der Waals surface area contributed by atoms with Crippen LogP contribution in [0.2, 0.25) is 0 Å². The summed E-state index contributed by atoms with van der Waals surface area (Å²) in [6.07, 6.45) is 2.22. The molecule has 1 saturated heterocycles. The van der Waals surface area contributed by atoms with E-state index in [-0.39, 0.29) is 28.8 Å². The number of amides is 2. The molecule has 1 fully saturated rings. The van der Waals surface area contributed by atoms with Crippen LogP contribution in [0.1, 0.15) is 30.1 Å². The third kappa shape index (κ3) is 2.82. The van der Waals surface area contributed by atoms with E-state index in [1.54, 1.807) is 0 Å². The fourth-order valence-electron chi connectivity index (χ4n) is 1.98. The molecule has 0 radical (unpaired) electrons. The number of carbonyl (C=O) groups excluding carboxylic acids is 3. The van der Waals surface area contributed by atoms with Gasteiger partial charge in [-0.15, -0.1) is 0 Å². The minimum absolute atomic E-state index is 0.0632. The Labute approximate surface area is 120 Å². The van der Waals surface area contributed by atoms with Gasteiger partial charge >= 0.3 is 0 Å². The molecule has 0 aliphatic carbocycles. The highest BCUT2D eigenvalue weighted by molar-refractivity contribution is 8.00. The molecule has 0 aromatic carbocycles. The minimum atomic E-state index is -1.34. The maximum absolute atomic E-state index is 12.1. The van der Waals surface area contributed by atoms with Crippen molar-refractivity contribution in [3.05, 3.63) is 23.9 Å². The van der Waals surface area contributed by atoms with Gasteiger partial charge in [0.05, 0.1) is 11.2 Å². The number of pyridine rings is 1. The number of aromatic nitrogens is 1. The number of thioether (sulfide) groups is 1. The number of hydrogen-bond acceptors (Lipinski definition) is 6. The molecule has 0 unspecified atom stereocenters. The van der Waals surface area contributed by atoms with Crippen molar-refractivity contribution in [3.8, 4) is 0 Å². The molecule has 1 aromatic rings. The summed E-state index contributed by atoms with van der Waals surface area (Å²) in [6, 6.07) is 2.86. The third-order valence-corrected chi connectivity index (χ3v) is 4.10. The van der Waals surface area contributed by atoms with Gasteiger partial charge in [0.25, 0.3) is 0 Å². The predicted molar refractivity (Wildman–Crippen MR) is 69.8 cm³/mol. The lowest BCUT2D eigenvalue weighted by Crippen LogP contribution is -2.32. The summed E-state index contributed by atoms with van der Waals surface area (Å²) < 4.78 is 0. The zero-order chi connectivity index (χ0) is 14.7. The Balaban J connectivity index is 2.18. The molecule has 1 aliphatic heterocycles. The van der Waals surface area contributed by atoms with Crippen molar-refractivity contribution >= 4 is 29.5 Å². The van der Waals surface area contributed by atoms with Crippen molar-refractivity contribution in [2.24, 2.45) is 0 Å². The Bertz CT molecular complexity index is 561. The van der Waals surface area contributed by atoms with Crippen LogP contribution in [0.25, 0.3) is 0 Å². The largest absolute Gasteiger partial charge is 0.545 e. The van der Waals surface area contributed by atoms with Crippen molar-refractivity contribution in [1.82, 2.24) is 9.88 Å². The third-order valence-electron chi connectivity index (χ3n) is 2.89. The first kappa shape index (κ1) is 14.5. The number of carboxylic acid groups (broad SMARTS) is 1. The predicted octanol–water partition coefficient (Wildman–Crippen LogP) is 0.0747. The van der Waals surface area contributed by atoms with Gasteiger partial charge in [-0.05, 0) is 18.6 Å².